The molecule has 6 heterocycles. The Bertz CT molecular complexity index is 1870. The molecule has 3 aromatic heterocycles. The molecule has 1 aromatic carbocycles. The number of rotatable bonds is 7. The van der Waals surface area contributed by atoms with Crippen LogP contribution in [0.4, 0.5) is 19.0 Å². The van der Waals surface area contributed by atoms with Crippen LogP contribution in [0.2, 0.25) is 0 Å². The molecule has 3 saturated heterocycles. The quantitative estimate of drug-likeness (QED) is 0.307. The van der Waals surface area contributed by atoms with Crippen molar-refractivity contribution in [3.63, 3.8) is 0 Å². The molecule has 2 N–H and O–H groups in total. The van der Waals surface area contributed by atoms with Gasteiger partial charge in [-0.15, -0.1) is 6.42 Å². The normalized spacial score (nSPS) is 23.3. The molecule has 0 bridgehead atoms. The first-order valence-corrected chi connectivity index (χ1v) is 14.9. The van der Waals surface area contributed by atoms with Gasteiger partial charge >= 0.3 is 6.01 Å². The highest BCUT2D eigenvalue weighted by Crippen LogP contribution is 2.41. The number of nitrogens with zero attached hydrogens (tertiary/aromatic N) is 5. The monoisotopic (exact) mass is 603 g/mol. The number of anilines is 1. The summed E-state index contributed by atoms with van der Waals surface area (Å²) in [7, 11) is 1.86. The van der Waals surface area contributed by atoms with E-state index in [1.165, 1.54) is 24.4 Å². The number of fused-ring (bicyclic) bond motifs is 3. The van der Waals surface area contributed by atoms with Gasteiger partial charge in [0.05, 0.1) is 22.2 Å². The van der Waals surface area contributed by atoms with Crippen LogP contribution in [-0.4, -0.2) is 82.4 Å². The molecule has 0 amide bonds. The van der Waals surface area contributed by atoms with Gasteiger partial charge in [-0.1, -0.05) is 12.0 Å². The van der Waals surface area contributed by atoms with E-state index in [0.717, 1.165) is 38.8 Å². The first-order valence-electron chi connectivity index (χ1n) is 14.9. The highest BCUT2D eigenvalue weighted by molar-refractivity contribution is 6.00. The van der Waals surface area contributed by atoms with Crippen LogP contribution in [0.25, 0.3) is 33.1 Å². The van der Waals surface area contributed by atoms with E-state index >= 15 is 4.39 Å². The van der Waals surface area contributed by atoms with Gasteiger partial charge in [0, 0.05) is 50.2 Å². The predicted molar refractivity (Wildman–Crippen MR) is 162 cm³/mol. The van der Waals surface area contributed by atoms with Crippen molar-refractivity contribution in [2.45, 2.75) is 49.9 Å². The second kappa shape index (κ2) is 11.1. The number of ether oxygens (including phenoxy) is 1. The number of hydrogen-bond acceptors (Lipinski definition) is 8. The number of terminal acetylenes is 1. The van der Waals surface area contributed by atoms with Crippen molar-refractivity contribution >= 4 is 27.5 Å². The topological polar surface area (TPSA) is 99.3 Å². The van der Waals surface area contributed by atoms with Crippen LogP contribution >= 0.6 is 0 Å². The van der Waals surface area contributed by atoms with Crippen molar-refractivity contribution in [3.8, 4) is 29.7 Å². The van der Waals surface area contributed by atoms with E-state index in [9.17, 15) is 13.6 Å². The maximum absolute atomic E-state index is 16.6. The zero-order chi connectivity index (χ0) is 30.6. The average molecular weight is 604 g/mol. The third-order valence-corrected chi connectivity index (χ3v) is 9.25. The summed E-state index contributed by atoms with van der Waals surface area (Å²) in [6, 6.07) is 4.05. The van der Waals surface area contributed by atoms with Gasteiger partial charge in [-0.25, -0.2) is 13.2 Å². The molecule has 44 heavy (non-hydrogen) atoms. The first-order chi connectivity index (χ1) is 21.3. The Balaban J connectivity index is 1.36. The molecule has 3 aliphatic rings. The summed E-state index contributed by atoms with van der Waals surface area (Å²) in [5.41, 5.74) is -1.46. The third kappa shape index (κ3) is 4.84. The minimum Gasteiger partial charge on any atom is -0.461 e. The van der Waals surface area contributed by atoms with E-state index in [1.54, 1.807) is 0 Å². The van der Waals surface area contributed by atoms with E-state index in [1.807, 2.05) is 11.9 Å². The highest BCUT2D eigenvalue weighted by atomic mass is 19.1. The molecule has 3 fully saturated rings. The molecule has 0 radical (unpaired) electrons. The van der Waals surface area contributed by atoms with E-state index in [-0.39, 0.29) is 46.5 Å². The molecule has 12 heteroatoms. The highest BCUT2D eigenvalue weighted by Gasteiger charge is 2.49. The largest absolute Gasteiger partial charge is 0.461 e. The number of alkyl halides is 1. The van der Waals surface area contributed by atoms with Crippen molar-refractivity contribution < 1.29 is 17.9 Å². The predicted octanol–water partition coefficient (Wildman–Crippen LogP) is 3.94. The number of benzene rings is 1. The molecular formula is C32H32F3N7O2. The molecule has 7 rings (SSSR count). The lowest BCUT2D eigenvalue weighted by Crippen LogP contribution is -2.43. The smallest absolute Gasteiger partial charge is 0.319 e. The lowest BCUT2D eigenvalue weighted by atomic mass is 9.95. The summed E-state index contributed by atoms with van der Waals surface area (Å²) in [4.78, 5) is 32.8. The van der Waals surface area contributed by atoms with Crippen LogP contribution in [0, 0.1) is 24.0 Å². The van der Waals surface area contributed by atoms with Gasteiger partial charge in [-0.2, -0.15) is 9.97 Å². The Hall–Kier alpha value is -4.21. The fraction of sp³-hybridized carbons (Fsp3) is 0.438. The summed E-state index contributed by atoms with van der Waals surface area (Å²) < 4.78 is 51.9. The molecule has 9 nitrogen and oxygen atoms in total. The fourth-order valence-corrected chi connectivity index (χ4v) is 7.19. The van der Waals surface area contributed by atoms with Crippen molar-refractivity contribution in [3.05, 3.63) is 51.9 Å². The standard InChI is InChI=1S/C32H32F3N7O2/c1-3-21-23(34)8-7-18-12-24(43)38-28(25(18)21)29-26(35)27-22(14-37-29)30(41(2)16-20-6-4-10-36-20)40-31(39-27)44-17-32-9-5-11-42(32)15-19(33)13-32/h1,7-8,12,14,19-20,36H,4-6,9-11,13,15-17H2,2H3,(H,38,43)/t19-,20+,32+/m1/s1. The van der Waals surface area contributed by atoms with Gasteiger partial charge in [0.25, 0.3) is 0 Å². The molecule has 0 unspecified atom stereocenters. The van der Waals surface area contributed by atoms with Gasteiger partial charge in [0.2, 0.25) is 5.56 Å². The van der Waals surface area contributed by atoms with Crippen molar-refractivity contribution in [2.24, 2.45) is 0 Å². The Morgan fingerprint density at radius 2 is 2.14 bits per heavy atom. The summed E-state index contributed by atoms with van der Waals surface area (Å²) in [6.07, 6.45) is 10.3. The number of H-pyrrole nitrogens is 1. The van der Waals surface area contributed by atoms with Crippen molar-refractivity contribution in [1.29, 1.82) is 0 Å². The van der Waals surface area contributed by atoms with Gasteiger partial charge < -0.3 is 19.9 Å². The molecule has 3 aliphatic heterocycles. The zero-order valence-electron chi connectivity index (χ0n) is 24.3. The van der Waals surface area contributed by atoms with Crippen LogP contribution in [0.5, 0.6) is 6.01 Å². The average Bonchev–Trinajstić information content (AvgIpc) is 3.72. The number of aromatic amines is 1. The molecule has 4 aromatic rings. The van der Waals surface area contributed by atoms with E-state index in [0.29, 0.717) is 36.1 Å². The summed E-state index contributed by atoms with van der Waals surface area (Å²) in [5, 5.41) is 4.31. The summed E-state index contributed by atoms with van der Waals surface area (Å²) in [6.45, 7) is 2.88. The number of likely N-dealkylation sites (N-methyl/N-ethyl adjacent to an activating group) is 1. The third-order valence-electron chi connectivity index (χ3n) is 9.25. The van der Waals surface area contributed by atoms with Crippen LogP contribution < -0.4 is 20.5 Å². The van der Waals surface area contributed by atoms with Crippen LogP contribution in [0.15, 0.2) is 29.2 Å². The summed E-state index contributed by atoms with van der Waals surface area (Å²) in [5.74, 6) is 1.22. The Morgan fingerprint density at radius 3 is 2.93 bits per heavy atom. The molecule has 0 aliphatic carbocycles. The second-order valence-corrected chi connectivity index (χ2v) is 12.1. The molecule has 0 saturated carbocycles. The van der Waals surface area contributed by atoms with E-state index in [2.05, 4.69) is 31.1 Å². The minimum absolute atomic E-state index is 0.0416. The lowest BCUT2D eigenvalue weighted by Gasteiger charge is -2.31. The number of aromatic nitrogens is 4. The van der Waals surface area contributed by atoms with Gasteiger partial charge in [-0.3, -0.25) is 14.7 Å². The Kier molecular flexibility index (Phi) is 7.17. The second-order valence-electron chi connectivity index (χ2n) is 12.1. The number of halogens is 3. The first kappa shape index (κ1) is 28.6. The maximum Gasteiger partial charge on any atom is 0.319 e. The Labute approximate surface area is 251 Å². The fourth-order valence-electron chi connectivity index (χ4n) is 7.19. The van der Waals surface area contributed by atoms with Crippen LogP contribution in [0.1, 0.15) is 37.7 Å². The number of hydrogen-bond donors (Lipinski definition) is 2. The minimum atomic E-state index is -0.927. The lowest BCUT2D eigenvalue weighted by molar-refractivity contribution is 0.107. The summed E-state index contributed by atoms with van der Waals surface area (Å²) >= 11 is 0. The number of nitrogens with one attached hydrogen (secondary N) is 2. The molecule has 0 spiro atoms. The van der Waals surface area contributed by atoms with Gasteiger partial charge in [-0.05, 0) is 50.2 Å². The van der Waals surface area contributed by atoms with Crippen LogP contribution in [-0.2, 0) is 0 Å². The van der Waals surface area contributed by atoms with Crippen molar-refractivity contribution in [1.82, 2.24) is 30.2 Å². The maximum atomic E-state index is 16.6. The van der Waals surface area contributed by atoms with E-state index in [4.69, 9.17) is 16.1 Å². The zero-order valence-corrected chi connectivity index (χ0v) is 24.3. The van der Waals surface area contributed by atoms with E-state index < -0.39 is 28.9 Å². The van der Waals surface area contributed by atoms with Gasteiger partial charge in [0.1, 0.15) is 35.6 Å². The molecule has 228 valence electrons. The Morgan fingerprint density at radius 1 is 1.27 bits per heavy atom. The molecule has 3 atom stereocenters. The van der Waals surface area contributed by atoms with Crippen molar-refractivity contribution in [2.75, 3.05) is 44.7 Å². The molecular weight excluding hydrogens is 571 g/mol. The number of pyridine rings is 2. The van der Waals surface area contributed by atoms with Gasteiger partial charge in [0.15, 0.2) is 5.82 Å². The SMILES string of the molecule is C#Cc1c(F)ccc2cc(=O)[nH]c(-c3ncc4c(N(C)C[C@@H]5CCCN5)nc(OC[C@@]56CCCN5C[C@H](F)C6)nc4c3F)c12. The van der Waals surface area contributed by atoms with Crippen LogP contribution in [0.3, 0.4) is 0 Å².